The molecule has 1 unspecified atom stereocenters. The zero-order valence-electron chi connectivity index (χ0n) is 11.6. The molecule has 0 radical (unpaired) electrons. The Morgan fingerprint density at radius 3 is 2.57 bits per heavy atom. The van der Waals surface area contributed by atoms with E-state index >= 15 is 0 Å². The Morgan fingerprint density at radius 2 is 1.90 bits per heavy atom. The second-order valence-corrected chi connectivity index (χ2v) is 4.50. The number of anilines is 1. The van der Waals surface area contributed by atoms with E-state index in [1.54, 1.807) is 25.1 Å². The molecule has 0 aromatic heterocycles. The van der Waals surface area contributed by atoms with Gasteiger partial charge in [0.2, 0.25) is 0 Å². The Balaban J connectivity index is 2.00. The van der Waals surface area contributed by atoms with Gasteiger partial charge in [0.25, 0.3) is 0 Å². The summed E-state index contributed by atoms with van der Waals surface area (Å²) in [5.74, 6) is -0.774. The maximum atomic E-state index is 13.7. The molecule has 2 aromatic carbocycles. The van der Waals surface area contributed by atoms with Crippen molar-refractivity contribution in [1.82, 2.24) is 0 Å². The van der Waals surface area contributed by atoms with Crippen molar-refractivity contribution in [2.24, 2.45) is 0 Å². The third kappa shape index (κ3) is 3.92. The van der Waals surface area contributed by atoms with Crippen molar-refractivity contribution in [3.8, 4) is 5.75 Å². The number of rotatable bonds is 6. The van der Waals surface area contributed by atoms with E-state index in [-0.39, 0.29) is 17.9 Å². The van der Waals surface area contributed by atoms with E-state index in [1.807, 2.05) is 0 Å². The summed E-state index contributed by atoms with van der Waals surface area (Å²) in [6.45, 7) is 2.24. The predicted octanol–water partition coefficient (Wildman–Crippen LogP) is 3.51. The molecule has 0 amide bonds. The monoisotopic (exact) mass is 293 g/mol. The highest BCUT2D eigenvalue weighted by Gasteiger charge is 2.12. The lowest BCUT2D eigenvalue weighted by molar-refractivity contribution is 0.186. The minimum Gasteiger partial charge on any atom is -0.491 e. The van der Waals surface area contributed by atoms with Gasteiger partial charge in [-0.3, -0.25) is 0 Å². The quantitative estimate of drug-likeness (QED) is 0.856. The normalized spacial score (nSPS) is 12.0. The van der Waals surface area contributed by atoms with Crippen LogP contribution >= 0.6 is 0 Å². The van der Waals surface area contributed by atoms with Crippen LogP contribution in [0.4, 0.5) is 14.5 Å². The number of benzene rings is 2. The molecule has 0 fully saturated rings. The van der Waals surface area contributed by atoms with Crippen LogP contribution in [-0.2, 0) is 0 Å². The highest BCUT2D eigenvalue weighted by molar-refractivity contribution is 5.47. The molecule has 2 rings (SSSR count). The standard InChI is InChI=1S/C16H17F2NO2/c1-2-21-16-8-7-11(9-14(16)18)19-10-15(20)12-5-3-4-6-13(12)17/h3-9,15,19-20H,2,10H2,1H3. The summed E-state index contributed by atoms with van der Waals surface area (Å²) in [6.07, 6.45) is -1.01. The zero-order valence-corrected chi connectivity index (χ0v) is 11.6. The minimum atomic E-state index is -1.01. The zero-order chi connectivity index (χ0) is 15.2. The maximum absolute atomic E-state index is 13.7. The summed E-state index contributed by atoms with van der Waals surface area (Å²) >= 11 is 0. The van der Waals surface area contributed by atoms with E-state index in [4.69, 9.17) is 4.74 Å². The average Bonchev–Trinajstić information content (AvgIpc) is 2.48. The van der Waals surface area contributed by atoms with Gasteiger partial charge < -0.3 is 15.2 Å². The molecule has 0 aliphatic carbocycles. The molecule has 2 aromatic rings. The topological polar surface area (TPSA) is 41.5 Å². The number of aliphatic hydroxyl groups excluding tert-OH is 1. The van der Waals surface area contributed by atoms with Crippen molar-refractivity contribution in [2.45, 2.75) is 13.0 Å². The molecular formula is C16H17F2NO2. The highest BCUT2D eigenvalue weighted by atomic mass is 19.1. The molecule has 0 heterocycles. The van der Waals surface area contributed by atoms with Gasteiger partial charge in [0.05, 0.1) is 12.7 Å². The van der Waals surface area contributed by atoms with Crippen LogP contribution in [0.2, 0.25) is 0 Å². The van der Waals surface area contributed by atoms with Gasteiger partial charge in [0.15, 0.2) is 11.6 Å². The lowest BCUT2D eigenvalue weighted by Crippen LogP contribution is -2.13. The third-order valence-electron chi connectivity index (χ3n) is 3.00. The summed E-state index contributed by atoms with van der Waals surface area (Å²) in [5.41, 5.74) is 0.697. The number of hydrogen-bond donors (Lipinski definition) is 2. The first-order valence-electron chi connectivity index (χ1n) is 6.70. The molecule has 3 nitrogen and oxygen atoms in total. The van der Waals surface area contributed by atoms with Crippen LogP contribution in [0, 0.1) is 11.6 Å². The van der Waals surface area contributed by atoms with Crippen molar-refractivity contribution in [2.75, 3.05) is 18.5 Å². The molecule has 112 valence electrons. The minimum absolute atomic E-state index is 0.0777. The summed E-state index contributed by atoms with van der Waals surface area (Å²) in [5, 5.41) is 12.8. The fraction of sp³-hybridized carbons (Fsp3) is 0.250. The van der Waals surface area contributed by atoms with Gasteiger partial charge in [-0.25, -0.2) is 8.78 Å². The fourth-order valence-corrected chi connectivity index (χ4v) is 1.95. The van der Waals surface area contributed by atoms with E-state index in [1.165, 1.54) is 24.3 Å². The summed E-state index contributed by atoms with van der Waals surface area (Å²) < 4.78 is 32.3. The van der Waals surface area contributed by atoms with E-state index in [9.17, 15) is 13.9 Å². The van der Waals surface area contributed by atoms with Crippen LogP contribution < -0.4 is 10.1 Å². The third-order valence-corrected chi connectivity index (χ3v) is 3.00. The Morgan fingerprint density at radius 1 is 1.14 bits per heavy atom. The van der Waals surface area contributed by atoms with Crippen LogP contribution in [0.15, 0.2) is 42.5 Å². The van der Waals surface area contributed by atoms with Crippen LogP contribution in [0.3, 0.4) is 0 Å². The summed E-state index contributed by atoms with van der Waals surface area (Å²) in [7, 11) is 0. The Hall–Kier alpha value is -2.14. The smallest absolute Gasteiger partial charge is 0.167 e. The van der Waals surface area contributed by atoms with Crippen molar-refractivity contribution < 1.29 is 18.6 Å². The van der Waals surface area contributed by atoms with Crippen LogP contribution in [-0.4, -0.2) is 18.3 Å². The fourth-order valence-electron chi connectivity index (χ4n) is 1.95. The molecule has 0 aliphatic rings. The van der Waals surface area contributed by atoms with Crippen molar-refractivity contribution in [3.05, 3.63) is 59.7 Å². The van der Waals surface area contributed by atoms with E-state index in [2.05, 4.69) is 5.32 Å². The lowest BCUT2D eigenvalue weighted by Gasteiger charge is -2.14. The van der Waals surface area contributed by atoms with Crippen LogP contribution in [0.5, 0.6) is 5.75 Å². The Bertz CT molecular complexity index is 605. The average molecular weight is 293 g/mol. The van der Waals surface area contributed by atoms with Crippen LogP contribution in [0.1, 0.15) is 18.6 Å². The molecule has 0 bridgehead atoms. The molecule has 1 atom stereocenters. The van der Waals surface area contributed by atoms with Gasteiger partial charge in [-0.1, -0.05) is 18.2 Å². The Labute approximate surface area is 122 Å². The number of nitrogens with one attached hydrogen (secondary N) is 1. The lowest BCUT2D eigenvalue weighted by atomic mass is 10.1. The number of halogens is 2. The van der Waals surface area contributed by atoms with E-state index < -0.39 is 17.7 Å². The Kier molecular flexibility index (Phi) is 5.11. The van der Waals surface area contributed by atoms with Crippen molar-refractivity contribution >= 4 is 5.69 Å². The van der Waals surface area contributed by atoms with Gasteiger partial charge in [0, 0.05) is 23.9 Å². The molecule has 21 heavy (non-hydrogen) atoms. The molecule has 0 spiro atoms. The maximum Gasteiger partial charge on any atom is 0.167 e. The van der Waals surface area contributed by atoms with E-state index in [0.717, 1.165) is 0 Å². The summed E-state index contributed by atoms with van der Waals surface area (Å²) in [6, 6.07) is 10.4. The predicted molar refractivity (Wildman–Crippen MR) is 77.4 cm³/mol. The molecule has 0 saturated carbocycles. The second-order valence-electron chi connectivity index (χ2n) is 4.50. The SMILES string of the molecule is CCOc1ccc(NCC(O)c2ccccc2F)cc1F. The summed E-state index contributed by atoms with van der Waals surface area (Å²) in [4.78, 5) is 0. The second kappa shape index (κ2) is 7.04. The first-order valence-corrected chi connectivity index (χ1v) is 6.70. The molecule has 0 aliphatic heterocycles. The first-order chi connectivity index (χ1) is 10.1. The van der Waals surface area contributed by atoms with Gasteiger partial charge in [-0.15, -0.1) is 0 Å². The molecule has 0 saturated heterocycles. The first kappa shape index (κ1) is 15.3. The van der Waals surface area contributed by atoms with Crippen LogP contribution in [0.25, 0.3) is 0 Å². The van der Waals surface area contributed by atoms with Crippen molar-refractivity contribution in [3.63, 3.8) is 0 Å². The van der Waals surface area contributed by atoms with Gasteiger partial charge in [-0.2, -0.15) is 0 Å². The van der Waals surface area contributed by atoms with Crippen molar-refractivity contribution in [1.29, 1.82) is 0 Å². The largest absolute Gasteiger partial charge is 0.491 e. The van der Waals surface area contributed by atoms with Gasteiger partial charge in [-0.05, 0) is 25.1 Å². The molecular weight excluding hydrogens is 276 g/mol. The van der Waals surface area contributed by atoms with Gasteiger partial charge >= 0.3 is 0 Å². The number of hydrogen-bond acceptors (Lipinski definition) is 3. The van der Waals surface area contributed by atoms with Gasteiger partial charge in [0.1, 0.15) is 5.82 Å². The molecule has 5 heteroatoms. The van der Waals surface area contributed by atoms with E-state index in [0.29, 0.717) is 12.3 Å². The highest BCUT2D eigenvalue weighted by Crippen LogP contribution is 2.22. The molecule has 2 N–H and O–H groups in total. The number of ether oxygens (including phenoxy) is 1. The number of aliphatic hydroxyl groups is 1.